The van der Waals surface area contributed by atoms with Crippen molar-refractivity contribution in [3.05, 3.63) is 71.0 Å². The molecule has 18 heavy (non-hydrogen) atoms. The highest BCUT2D eigenvalue weighted by molar-refractivity contribution is 5.85. The van der Waals surface area contributed by atoms with Gasteiger partial charge in [-0.1, -0.05) is 30.3 Å². The molecule has 2 aromatic rings. The zero-order chi connectivity index (χ0) is 12.5. The minimum Gasteiger partial charge on any atom is -0.489 e. The van der Waals surface area contributed by atoms with Crippen LogP contribution >= 0.6 is 0 Å². The molecule has 2 heteroatoms. The molecule has 0 saturated carbocycles. The van der Waals surface area contributed by atoms with E-state index in [0.29, 0.717) is 6.61 Å². The van der Waals surface area contributed by atoms with Crippen molar-refractivity contribution in [3.8, 4) is 5.75 Å². The van der Waals surface area contributed by atoms with Gasteiger partial charge in [0.1, 0.15) is 18.2 Å². The zero-order valence-corrected chi connectivity index (χ0v) is 10.1. The summed E-state index contributed by atoms with van der Waals surface area (Å²) in [5.41, 5.74) is 4.43. The maximum atomic E-state index is 13.0. The highest BCUT2D eigenvalue weighted by atomic mass is 19.1. The van der Waals surface area contributed by atoms with Gasteiger partial charge in [0.15, 0.2) is 0 Å². The molecule has 0 spiro atoms. The topological polar surface area (TPSA) is 9.23 Å². The fourth-order valence-corrected chi connectivity index (χ4v) is 2.31. The smallest absolute Gasteiger partial charge is 0.127 e. The fraction of sp³-hybridized carbons (Fsp3) is 0.125. The van der Waals surface area contributed by atoms with E-state index in [1.807, 2.05) is 36.4 Å². The second-order valence-corrected chi connectivity index (χ2v) is 4.45. The predicted molar refractivity (Wildman–Crippen MR) is 70.0 cm³/mol. The molecule has 0 saturated heterocycles. The van der Waals surface area contributed by atoms with Crippen molar-refractivity contribution >= 4 is 5.57 Å². The monoisotopic (exact) mass is 240 g/mol. The molecule has 0 aliphatic carbocycles. The Kier molecular flexibility index (Phi) is 2.63. The molecule has 0 amide bonds. The number of benzene rings is 2. The van der Waals surface area contributed by atoms with Gasteiger partial charge in [0.25, 0.3) is 0 Å². The van der Waals surface area contributed by atoms with Crippen LogP contribution in [-0.2, 0) is 0 Å². The van der Waals surface area contributed by atoms with Crippen LogP contribution in [-0.4, -0.2) is 6.61 Å². The van der Waals surface area contributed by atoms with E-state index < -0.39 is 0 Å². The van der Waals surface area contributed by atoms with Crippen LogP contribution in [0.15, 0.2) is 54.1 Å². The molecule has 1 heterocycles. The van der Waals surface area contributed by atoms with E-state index in [1.54, 1.807) is 0 Å². The van der Waals surface area contributed by atoms with Crippen molar-refractivity contribution in [3.63, 3.8) is 0 Å². The SMILES string of the molecule is CC1=C(c2ccc(F)cc2)c2ccccc2OC1. The average molecular weight is 240 g/mol. The molecule has 0 bridgehead atoms. The van der Waals surface area contributed by atoms with Crippen LogP contribution in [0, 0.1) is 5.82 Å². The van der Waals surface area contributed by atoms with E-state index in [4.69, 9.17) is 4.74 Å². The summed E-state index contributed by atoms with van der Waals surface area (Å²) >= 11 is 0. The first-order valence-corrected chi connectivity index (χ1v) is 5.93. The van der Waals surface area contributed by atoms with E-state index >= 15 is 0 Å². The lowest BCUT2D eigenvalue weighted by atomic mass is 9.92. The number of ether oxygens (including phenoxy) is 1. The van der Waals surface area contributed by atoms with E-state index in [0.717, 1.165) is 22.4 Å². The highest BCUT2D eigenvalue weighted by Gasteiger charge is 2.18. The molecule has 90 valence electrons. The Balaban J connectivity index is 2.17. The normalized spacial score (nSPS) is 14.1. The molecule has 0 aromatic heterocycles. The number of para-hydroxylation sites is 1. The lowest BCUT2D eigenvalue weighted by Gasteiger charge is -2.22. The van der Waals surface area contributed by atoms with Gasteiger partial charge in [0, 0.05) is 5.56 Å². The van der Waals surface area contributed by atoms with Gasteiger partial charge < -0.3 is 4.74 Å². The quantitative estimate of drug-likeness (QED) is 0.731. The summed E-state index contributed by atoms with van der Waals surface area (Å²) in [6.45, 7) is 2.64. The van der Waals surface area contributed by atoms with Crippen LogP contribution in [0.3, 0.4) is 0 Å². The Labute approximate surface area is 106 Å². The van der Waals surface area contributed by atoms with E-state index in [1.165, 1.54) is 17.7 Å². The molecule has 1 aliphatic heterocycles. The number of halogens is 1. The van der Waals surface area contributed by atoms with Crippen molar-refractivity contribution in [1.82, 2.24) is 0 Å². The van der Waals surface area contributed by atoms with Gasteiger partial charge in [-0.05, 0) is 41.8 Å². The van der Waals surface area contributed by atoms with Gasteiger partial charge in [-0.2, -0.15) is 0 Å². The van der Waals surface area contributed by atoms with Crippen molar-refractivity contribution < 1.29 is 9.13 Å². The molecule has 0 radical (unpaired) electrons. The summed E-state index contributed by atoms with van der Waals surface area (Å²) in [5, 5.41) is 0. The minimum absolute atomic E-state index is 0.211. The Morgan fingerprint density at radius 1 is 1.00 bits per heavy atom. The van der Waals surface area contributed by atoms with Crippen LogP contribution in [0.5, 0.6) is 5.75 Å². The molecular weight excluding hydrogens is 227 g/mol. The first kappa shape index (κ1) is 11.0. The predicted octanol–water partition coefficient (Wildman–Crippen LogP) is 4.04. The second-order valence-electron chi connectivity index (χ2n) is 4.45. The Morgan fingerprint density at radius 2 is 1.72 bits per heavy atom. The summed E-state index contributed by atoms with van der Waals surface area (Å²) in [7, 11) is 0. The summed E-state index contributed by atoms with van der Waals surface area (Å²) in [6.07, 6.45) is 0. The molecule has 1 nitrogen and oxygen atoms in total. The summed E-state index contributed by atoms with van der Waals surface area (Å²) in [6, 6.07) is 14.6. The van der Waals surface area contributed by atoms with E-state index in [2.05, 4.69) is 6.92 Å². The molecule has 0 atom stereocenters. The number of hydrogen-bond donors (Lipinski definition) is 0. The van der Waals surface area contributed by atoms with Gasteiger partial charge in [-0.15, -0.1) is 0 Å². The Bertz CT molecular complexity index is 611. The average Bonchev–Trinajstić information content (AvgIpc) is 2.40. The molecule has 3 rings (SSSR count). The van der Waals surface area contributed by atoms with Crippen LogP contribution in [0.1, 0.15) is 18.1 Å². The van der Waals surface area contributed by atoms with E-state index in [9.17, 15) is 4.39 Å². The van der Waals surface area contributed by atoms with Crippen molar-refractivity contribution in [2.45, 2.75) is 6.92 Å². The largest absolute Gasteiger partial charge is 0.489 e. The van der Waals surface area contributed by atoms with Crippen molar-refractivity contribution in [1.29, 1.82) is 0 Å². The minimum atomic E-state index is -0.211. The van der Waals surface area contributed by atoms with Gasteiger partial charge >= 0.3 is 0 Å². The third-order valence-electron chi connectivity index (χ3n) is 3.16. The first-order chi connectivity index (χ1) is 8.75. The maximum Gasteiger partial charge on any atom is 0.127 e. The molecule has 2 aromatic carbocycles. The Morgan fingerprint density at radius 3 is 2.50 bits per heavy atom. The number of hydrogen-bond acceptors (Lipinski definition) is 1. The van der Waals surface area contributed by atoms with Gasteiger partial charge in [0.05, 0.1) is 0 Å². The maximum absolute atomic E-state index is 13.0. The number of fused-ring (bicyclic) bond motifs is 1. The standard InChI is InChI=1S/C16H13FO/c1-11-10-18-15-5-3-2-4-14(15)16(11)12-6-8-13(17)9-7-12/h2-9H,10H2,1H3. The van der Waals surface area contributed by atoms with Crippen LogP contribution < -0.4 is 4.74 Å². The molecule has 0 unspecified atom stereocenters. The Hall–Kier alpha value is -2.09. The second kappa shape index (κ2) is 4.30. The molecule has 1 aliphatic rings. The van der Waals surface area contributed by atoms with Gasteiger partial charge in [-0.3, -0.25) is 0 Å². The first-order valence-electron chi connectivity index (χ1n) is 5.93. The fourth-order valence-electron chi connectivity index (χ4n) is 2.31. The van der Waals surface area contributed by atoms with Crippen LogP contribution in [0.2, 0.25) is 0 Å². The third kappa shape index (κ3) is 1.80. The summed E-state index contributed by atoms with van der Waals surface area (Å²) in [4.78, 5) is 0. The molecular formula is C16H13FO. The lowest BCUT2D eigenvalue weighted by Crippen LogP contribution is -2.10. The van der Waals surface area contributed by atoms with Gasteiger partial charge in [-0.25, -0.2) is 4.39 Å². The molecule has 0 fully saturated rings. The summed E-state index contributed by atoms with van der Waals surface area (Å²) < 4.78 is 18.7. The van der Waals surface area contributed by atoms with Crippen LogP contribution in [0.4, 0.5) is 4.39 Å². The molecule has 0 N–H and O–H groups in total. The van der Waals surface area contributed by atoms with Gasteiger partial charge in [0.2, 0.25) is 0 Å². The zero-order valence-electron chi connectivity index (χ0n) is 10.1. The third-order valence-corrected chi connectivity index (χ3v) is 3.16. The van der Waals surface area contributed by atoms with Crippen molar-refractivity contribution in [2.75, 3.05) is 6.61 Å². The summed E-state index contributed by atoms with van der Waals surface area (Å²) in [5.74, 6) is 0.680. The number of rotatable bonds is 1. The highest BCUT2D eigenvalue weighted by Crippen LogP contribution is 2.36. The van der Waals surface area contributed by atoms with Crippen LogP contribution in [0.25, 0.3) is 5.57 Å². The lowest BCUT2D eigenvalue weighted by molar-refractivity contribution is 0.346. The van der Waals surface area contributed by atoms with E-state index in [-0.39, 0.29) is 5.82 Å². The van der Waals surface area contributed by atoms with Crippen molar-refractivity contribution in [2.24, 2.45) is 0 Å².